The van der Waals surface area contributed by atoms with Crippen molar-refractivity contribution in [2.45, 2.75) is 19.3 Å². The van der Waals surface area contributed by atoms with Gasteiger partial charge in [0.2, 0.25) is 0 Å². The molecule has 0 aliphatic heterocycles. The third-order valence-corrected chi connectivity index (χ3v) is 4.25. The molecule has 107 valence electrons. The van der Waals surface area contributed by atoms with E-state index in [2.05, 4.69) is 61.4 Å². The van der Waals surface area contributed by atoms with Crippen molar-refractivity contribution in [2.75, 3.05) is 0 Å². The molecule has 0 atom stereocenters. The van der Waals surface area contributed by atoms with Crippen LogP contribution in [0.15, 0.2) is 54.9 Å². The van der Waals surface area contributed by atoms with E-state index in [0.29, 0.717) is 0 Å². The van der Waals surface area contributed by atoms with Gasteiger partial charge in [0, 0.05) is 32.5 Å². The third-order valence-electron chi connectivity index (χ3n) is 4.25. The van der Waals surface area contributed by atoms with Gasteiger partial charge in [-0.3, -0.25) is 4.68 Å². The molecule has 4 rings (SSSR count). The first-order valence-corrected chi connectivity index (χ1v) is 6.84. The van der Waals surface area contributed by atoms with E-state index in [-0.39, 0.29) is 25.5 Å². The van der Waals surface area contributed by atoms with Gasteiger partial charge in [0.15, 0.2) is 0 Å². The van der Waals surface area contributed by atoms with E-state index in [1.165, 1.54) is 22.3 Å². The maximum Gasteiger partial charge on any atom is 0.0493 e. The molecule has 1 aliphatic carbocycles. The average molecular weight is 452 g/mol. The minimum absolute atomic E-state index is 0. The first-order valence-electron chi connectivity index (χ1n) is 6.84. The van der Waals surface area contributed by atoms with Crippen molar-refractivity contribution in [2.24, 2.45) is 0 Å². The molecule has 1 aromatic heterocycles. The van der Waals surface area contributed by atoms with E-state index in [1.54, 1.807) is 6.20 Å². The Balaban J connectivity index is 0.00000132. The topological polar surface area (TPSA) is 17.8 Å². The standard InChI is InChI=1S/C18H15N2.Ir/c1-18(2)16-7-4-3-6-14(16)15-12-13(8-9-17(15)18)20-11-5-10-19-20;/h3-7,9-12H,1-2H3;/q-1;. The van der Waals surface area contributed by atoms with Gasteiger partial charge in [0.05, 0.1) is 0 Å². The molecule has 0 N–H and O–H groups in total. The molecule has 3 heteroatoms. The Morgan fingerprint density at radius 3 is 2.62 bits per heavy atom. The maximum absolute atomic E-state index is 4.29. The van der Waals surface area contributed by atoms with Gasteiger partial charge in [0.25, 0.3) is 0 Å². The number of hydrogen-bond donors (Lipinski definition) is 0. The van der Waals surface area contributed by atoms with Gasteiger partial charge in [0.1, 0.15) is 0 Å². The van der Waals surface area contributed by atoms with Crippen LogP contribution in [0.3, 0.4) is 0 Å². The quantitative estimate of drug-likeness (QED) is 0.512. The van der Waals surface area contributed by atoms with Gasteiger partial charge in [-0.15, -0.1) is 17.2 Å². The van der Waals surface area contributed by atoms with Crippen LogP contribution in [-0.2, 0) is 25.5 Å². The third kappa shape index (κ3) is 2.00. The van der Waals surface area contributed by atoms with Crippen LogP contribution in [0.5, 0.6) is 0 Å². The SMILES string of the molecule is CC1(C)c2c[c-]c(-n3cccn3)cc2-c2ccccc21.[Ir]. The fraction of sp³-hybridized carbons (Fsp3) is 0.167. The predicted molar refractivity (Wildman–Crippen MR) is 80.0 cm³/mol. The molecule has 0 saturated carbocycles. The fourth-order valence-electron chi connectivity index (χ4n) is 3.17. The normalized spacial score (nSPS) is 14.2. The van der Waals surface area contributed by atoms with Crippen molar-refractivity contribution in [3.63, 3.8) is 0 Å². The minimum atomic E-state index is 0. The number of rotatable bonds is 1. The molecule has 0 fully saturated rings. The summed E-state index contributed by atoms with van der Waals surface area (Å²) in [7, 11) is 0. The largest absolute Gasteiger partial charge is 0.266 e. The van der Waals surface area contributed by atoms with Crippen LogP contribution in [0.1, 0.15) is 25.0 Å². The second-order valence-corrected chi connectivity index (χ2v) is 5.77. The molecule has 0 bridgehead atoms. The van der Waals surface area contributed by atoms with E-state index in [4.69, 9.17) is 0 Å². The van der Waals surface area contributed by atoms with Crippen LogP contribution < -0.4 is 0 Å². The molecule has 1 aliphatic rings. The second-order valence-electron chi connectivity index (χ2n) is 5.77. The zero-order chi connectivity index (χ0) is 13.7. The summed E-state index contributed by atoms with van der Waals surface area (Å²) in [4.78, 5) is 0. The summed E-state index contributed by atoms with van der Waals surface area (Å²) in [6.07, 6.45) is 3.74. The van der Waals surface area contributed by atoms with Crippen molar-refractivity contribution in [1.82, 2.24) is 9.78 Å². The monoisotopic (exact) mass is 452 g/mol. The van der Waals surface area contributed by atoms with Gasteiger partial charge in [-0.2, -0.15) is 17.2 Å². The van der Waals surface area contributed by atoms with E-state index < -0.39 is 0 Å². The summed E-state index contributed by atoms with van der Waals surface area (Å²) in [6, 6.07) is 18.2. The van der Waals surface area contributed by atoms with Crippen molar-refractivity contribution < 1.29 is 20.1 Å². The molecule has 1 radical (unpaired) electrons. The van der Waals surface area contributed by atoms with Crippen LogP contribution in [-0.4, -0.2) is 9.78 Å². The van der Waals surface area contributed by atoms with E-state index >= 15 is 0 Å². The maximum atomic E-state index is 4.29. The Hall–Kier alpha value is -1.70. The Bertz CT molecular complexity index is 789. The summed E-state index contributed by atoms with van der Waals surface area (Å²) in [6.45, 7) is 4.55. The van der Waals surface area contributed by atoms with E-state index in [1.807, 2.05) is 16.9 Å². The van der Waals surface area contributed by atoms with Crippen molar-refractivity contribution in [3.05, 3.63) is 72.1 Å². The van der Waals surface area contributed by atoms with Crippen molar-refractivity contribution >= 4 is 0 Å². The van der Waals surface area contributed by atoms with E-state index in [0.717, 1.165) is 5.69 Å². The number of fused-ring (bicyclic) bond motifs is 3. The van der Waals surface area contributed by atoms with Gasteiger partial charge in [-0.1, -0.05) is 38.1 Å². The zero-order valence-electron chi connectivity index (χ0n) is 11.9. The molecule has 21 heavy (non-hydrogen) atoms. The summed E-state index contributed by atoms with van der Waals surface area (Å²) < 4.78 is 1.86. The number of nitrogens with zero attached hydrogens (tertiary/aromatic N) is 2. The predicted octanol–water partition coefficient (Wildman–Crippen LogP) is 3.98. The number of aromatic nitrogens is 2. The zero-order valence-corrected chi connectivity index (χ0v) is 14.3. The van der Waals surface area contributed by atoms with Gasteiger partial charge in [-0.25, -0.2) is 0 Å². The summed E-state index contributed by atoms with van der Waals surface area (Å²) in [5.41, 5.74) is 6.40. The summed E-state index contributed by atoms with van der Waals surface area (Å²) in [5.74, 6) is 0. The minimum Gasteiger partial charge on any atom is -0.266 e. The van der Waals surface area contributed by atoms with Crippen LogP contribution in [0.4, 0.5) is 0 Å². The molecule has 3 aromatic rings. The van der Waals surface area contributed by atoms with Gasteiger partial charge < -0.3 is 0 Å². The average Bonchev–Trinajstić information content (AvgIpc) is 3.07. The van der Waals surface area contributed by atoms with Crippen LogP contribution in [0.2, 0.25) is 0 Å². The fourth-order valence-corrected chi connectivity index (χ4v) is 3.17. The van der Waals surface area contributed by atoms with E-state index in [9.17, 15) is 0 Å². The van der Waals surface area contributed by atoms with Gasteiger partial charge >= 0.3 is 0 Å². The molecule has 0 unspecified atom stereocenters. The molecule has 2 nitrogen and oxygen atoms in total. The Kier molecular flexibility index (Phi) is 3.35. The Morgan fingerprint density at radius 1 is 1.05 bits per heavy atom. The molecule has 2 aromatic carbocycles. The first-order chi connectivity index (χ1) is 9.68. The first kappa shape index (κ1) is 14.2. The summed E-state index contributed by atoms with van der Waals surface area (Å²) >= 11 is 0. The van der Waals surface area contributed by atoms with Crippen LogP contribution >= 0.6 is 0 Å². The van der Waals surface area contributed by atoms with Crippen molar-refractivity contribution in [1.29, 1.82) is 0 Å². The molecular weight excluding hydrogens is 436 g/mol. The number of hydrogen-bond acceptors (Lipinski definition) is 1. The Morgan fingerprint density at radius 2 is 1.86 bits per heavy atom. The molecule has 0 amide bonds. The van der Waals surface area contributed by atoms with Gasteiger partial charge in [-0.05, 0) is 28.3 Å². The number of benzene rings is 2. The molecule has 1 heterocycles. The molecular formula is C18H15IrN2-. The van der Waals surface area contributed by atoms with Crippen LogP contribution in [0, 0.1) is 6.07 Å². The summed E-state index contributed by atoms with van der Waals surface area (Å²) in [5, 5.41) is 4.29. The Labute approximate surface area is 138 Å². The smallest absolute Gasteiger partial charge is 0.0493 e. The molecule has 0 saturated heterocycles. The van der Waals surface area contributed by atoms with Crippen LogP contribution in [0.25, 0.3) is 16.8 Å². The second kappa shape index (κ2) is 4.94. The molecule has 0 spiro atoms. The van der Waals surface area contributed by atoms with Crippen molar-refractivity contribution in [3.8, 4) is 16.8 Å².